The van der Waals surface area contributed by atoms with Gasteiger partial charge in [0, 0.05) is 34.3 Å². The number of aromatic amines is 1. The van der Waals surface area contributed by atoms with Gasteiger partial charge in [0.25, 0.3) is 5.69 Å². The van der Waals surface area contributed by atoms with Crippen molar-refractivity contribution >= 4 is 22.4 Å². The number of fused-ring (bicyclic) bond motifs is 1. The molecular weight excluding hydrogens is 268 g/mol. The fraction of sp³-hybridized carbons (Fsp3) is 0.0625. The summed E-state index contributed by atoms with van der Waals surface area (Å²) in [7, 11) is 0. The Balaban J connectivity index is 2.08. The van der Waals surface area contributed by atoms with Crippen LogP contribution in [-0.4, -0.2) is 15.7 Å². The standard InChI is InChI=1S/C16H12N2O3/c1-10-15(13-4-2-3-5-14(13)17-10)16(19)11-6-8-12(9-7-11)18(20)21/h2-9,17H,1H3. The first kappa shape index (κ1) is 13.1. The van der Waals surface area contributed by atoms with E-state index in [4.69, 9.17) is 0 Å². The quantitative estimate of drug-likeness (QED) is 0.452. The number of aryl methyl sites for hydroxylation is 1. The number of non-ortho nitro benzene ring substituents is 1. The normalized spacial score (nSPS) is 10.7. The summed E-state index contributed by atoms with van der Waals surface area (Å²) in [5.74, 6) is -0.139. The molecule has 2 aromatic carbocycles. The molecule has 0 aliphatic carbocycles. The number of benzene rings is 2. The number of nitrogens with one attached hydrogen (secondary N) is 1. The molecule has 1 N–H and O–H groups in total. The third-order valence-electron chi connectivity index (χ3n) is 3.46. The summed E-state index contributed by atoms with van der Waals surface area (Å²) in [6, 6.07) is 13.2. The zero-order valence-corrected chi connectivity index (χ0v) is 11.3. The van der Waals surface area contributed by atoms with Crippen molar-refractivity contribution in [1.29, 1.82) is 0 Å². The van der Waals surface area contributed by atoms with Crippen LogP contribution >= 0.6 is 0 Å². The molecule has 0 saturated heterocycles. The maximum atomic E-state index is 12.6. The minimum Gasteiger partial charge on any atom is -0.358 e. The summed E-state index contributed by atoms with van der Waals surface area (Å²) in [6.07, 6.45) is 0. The molecule has 5 heteroatoms. The van der Waals surface area contributed by atoms with Gasteiger partial charge in [-0.2, -0.15) is 0 Å². The molecule has 0 aliphatic rings. The molecule has 3 rings (SSSR count). The smallest absolute Gasteiger partial charge is 0.269 e. The van der Waals surface area contributed by atoms with Gasteiger partial charge >= 0.3 is 0 Å². The number of carbonyl (C=O) groups is 1. The van der Waals surface area contributed by atoms with Crippen LogP contribution in [0.1, 0.15) is 21.6 Å². The summed E-state index contributed by atoms with van der Waals surface area (Å²) in [4.78, 5) is 26.0. The molecule has 0 amide bonds. The highest BCUT2D eigenvalue weighted by Gasteiger charge is 2.18. The number of carbonyl (C=O) groups excluding carboxylic acids is 1. The first-order valence-electron chi connectivity index (χ1n) is 6.44. The summed E-state index contributed by atoms with van der Waals surface area (Å²) in [5.41, 5.74) is 2.72. The van der Waals surface area contributed by atoms with E-state index in [0.717, 1.165) is 16.6 Å². The predicted octanol–water partition coefficient (Wildman–Crippen LogP) is 3.62. The molecule has 5 nitrogen and oxygen atoms in total. The van der Waals surface area contributed by atoms with Crippen molar-refractivity contribution in [3.63, 3.8) is 0 Å². The van der Waals surface area contributed by atoms with E-state index >= 15 is 0 Å². The van der Waals surface area contributed by atoms with Crippen LogP contribution in [0.5, 0.6) is 0 Å². The average molecular weight is 280 g/mol. The molecular formula is C16H12N2O3. The minimum absolute atomic E-state index is 0.0257. The third-order valence-corrected chi connectivity index (χ3v) is 3.46. The lowest BCUT2D eigenvalue weighted by atomic mass is 10.0. The number of para-hydroxylation sites is 1. The van der Waals surface area contributed by atoms with E-state index in [2.05, 4.69) is 4.98 Å². The maximum absolute atomic E-state index is 12.6. The number of hydrogen-bond acceptors (Lipinski definition) is 3. The fourth-order valence-electron chi connectivity index (χ4n) is 2.45. The number of ketones is 1. The number of nitrogens with zero attached hydrogens (tertiary/aromatic N) is 1. The zero-order valence-electron chi connectivity index (χ0n) is 11.3. The SMILES string of the molecule is Cc1[nH]c2ccccc2c1C(=O)c1ccc([N+](=O)[O-])cc1. The number of aromatic nitrogens is 1. The van der Waals surface area contributed by atoms with Gasteiger partial charge in [-0.05, 0) is 25.1 Å². The first-order chi connectivity index (χ1) is 10.1. The van der Waals surface area contributed by atoms with Crippen LogP contribution in [0.4, 0.5) is 5.69 Å². The Kier molecular flexibility index (Phi) is 3.02. The Morgan fingerprint density at radius 2 is 1.76 bits per heavy atom. The fourth-order valence-corrected chi connectivity index (χ4v) is 2.45. The lowest BCUT2D eigenvalue weighted by Gasteiger charge is -2.01. The molecule has 0 radical (unpaired) electrons. The van der Waals surface area contributed by atoms with Gasteiger partial charge in [0.15, 0.2) is 5.78 Å². The van der Waals surface area contributed by atoms with Crippen molar-refractivity contribution in [3.8, 4) is 0 Å². The molecule has 104 valence electrons. The highest BCUT2D eigenvalue weighted by molar-refractivity contribution is 6.17. The Morgan fingerprint density at radius 1 is 1.10 bits per heavy atom. The van der Waals surface area contributed by atoms with E-state index in [1.807, 2.05) is 31.2 Å². The van der Waals surface area contributed by atoms with Gasteiger partial charge in [-0.25, -0.2) is 0 Å². The lowest BCUT2D eigenvalue weighted by Crippen LogP contribution is -2.02. The summed E-state index contributed by atoms with van der Waals surface area (Å²) in [6.45, 7) is 1.85. The number of H-pyrrole nitrogens is 1. The van der Waals surface area contributed by atoms with Crippen molar-refractivity contribution in [2.75, 3.05) is 0 Å². The van der Waals surface area contributed by atoms with Crippen LogP contribution < -0.4 is 0 Å². The van der Waals surface area contributed by atoms with Crippen molar-refractivity contribution in [2.45, 2.75) is 6.92 Å². The van der Waals surface area contributed by atoms with Crippen LogP contribution in [0.25, 0.3) is 10.9 Å². The van der Waals surface area contributed by atoms with Crippen molar-refractivity contribution < 1.29 is 9.72 Å². The molecule has 0 fully saturated rings. The highest BCUT2D eigenvalue weighted by Crippen LogP contribution is 2.25. The van der Waals surface area contributed by atoms with E-state index in [1.54, 1.807) is 0 Å². The zero-order chi connectivity index (χ0) is 15.0. The molecule has 0 saturated carbocycles. The Hall–Kier alpha value is -2.95. The molecule has 21 heavy (non-hydrogen) atoms. The summed E-state index contributed by atoms with van der Waals surface area (Å²) < 4.78 is 0. The van der Waals surface area contributed by atoms with Crippen LogP contribution in [0.2, 0.25) is 0 Å². The molecule has 1 heterocycles. The van der Waals surface area contributed by atoms with Gasteiger partial charge in [-0.1, -0.05) is 18.2 Å². The number of rotatable bonds is 3. The van der Waals surface area contributed by atoms with E-state index in [9.17, 15) is 14.9 Å². The molecule has 0 unspecified atom stereocenters. The molecule has 0 atom stereocenters. The summed E-state index contributed by atoms with van der Waals surface area (Å²) >= 11 is 0. The number of nitro groups is 1. The molecule has 1 aromatic heterocycles. The first-order valence-corrected chi connectivity index (χ1v) is 6.44. The van der Waals surface area contributed by atoms with E-state index in [0.29, 0.717) is 11.1 Å². The van der Waals surface area contributed by atoms with Gasteiger partial charge in [0.2, 0.25) is 0 Å². The lowest BCUT2D eigenvalue weighted by molar-refractivity contribution is -0.384. The van der Waals surface area contributed by atoms with Crippen molar-refractivity contribution in [3.05, 3.63) is 75.5 Å². The second-order valence-corrected chi connectivity index (χ2v) is 4.80. The predicted molar refractivity (Wildman–Crippen MR) is 79.6 cm³/mol. The molecule has 0 spiro atoms. The summed E-state index contributed by atoms with van der Waals surface area (Å²) in [5, 5.41) is 11.5. The van der Waals surface area contributed by atoms with Crippen LogP contribution in [0, 0.1) is 17.0 Å². The van der Waals surface area contributed by atoms with Crippen LogP contribution in [-0.2, 0) is 0 Å². The topological polar surface area (TPSA) is 76.0 Å². The van der Waals surface area contributed by atoms with Crippen LogP contribution in [0.3, 0.4) is 0 Å². The molecule has 0 bridgehead atoms. The molecule has 3 aromatic rings. The van der Waals surface area contributed by atoms with Gasteiger partial charge in [-0.15, -0.1) is 0 Å². The van der Waals surface area contributed by atoms with Crippen LogP contribution in [0.15, 0.2) is 48.5 Å². The Bertz CT molecular complexity index is 848. The number of nitro benzene ring substituents is 1. The Morgan fingerprint density at radius 3 is 2.43 bits per heavy atom. The van der Waals surface area contributed by atoms with Gasteiger partial charge in [0.05, 0.1) is 10.5 Å². The second-order valence-electron chi connectivity index (χ2n) is 4.80. The van der Waals surface area contributed by atoms with E-state index in [1.165, 1.54) is 24.3 Å². The van der Waals surface area contributed by atoms with Gasteiger partial charge < -0.3 is 4.98 Å². The minimum atomic E-state index is -0.481. The van der Waals surface area contributed by atoms with Gasteiger partial charge in [0.1, 0.15) is 0 Å². The van der Waals surface area contributed by atoms with E-state index < -0.39 is 4.92 Å². The number of hydrogen-bond donors (Lipinski definition) is 1. The molecule has 0 aliphatic heterocycles. The Labute approximate surface area is 120 Å². The highest BCUT2D eigenvalue weighted by atomic mass is 16.6. The van der Waals surface area contributed by atoms with Crippen molar-refractivity contribution in [1.82, 2.24) is 4.98 Å². The monoisotopic (exact) mass is 280 g/mol. The van der Waals surface area contributed by atoms with Gasteiger partial charge in [-0.3, -0.25) is 14.9 Å². The maximum Gasteiger partial charge on any atom is 0.269 e. The van der Waals surface area contributed by atoms with E-state index in [-0.39, 0.29) is 11.5 Å². The van der Waals surface area contributed by atoms with Crippen molar-refractivity contribution in [2.24, 2.45) is 0 Å². The largest absolute Gasteiger partial charge is 0.358 e. The average Bonchev–Trinajstić information content (AvgIpc) is 2.82. The third kappa shape index (κ3) is 2.18. The second kappa shape index (κ2) is 4.86.